The summed E-state index contributed by atoms with van der Waals surface area (Å²) in [5, 5.41) is 0. The van der Waals surface area contributed by atoms with Crippen molar-refractivity contribution >= 4 is 68.4 Å². The summed E-state index contributed by atoms with van der Waals surface area (Å²) < 4.78 is 4.46. The third-order valence-electron chi connectivity index (χ3n) is 3.80. The third-order valence-corrected chi connectivity index (χ3v) is 24.0. The van der Waals surface area contributed by atoms with Gasteiger partial charge in [-0.1, -0.05) is 53.7 Å². The van der Waals surface area contributed by atoms with E-state index in [1.807, 2.05) is 12.1 Å². The van der Waals surface area contributed by atoms with Crippen LogP contribution < -0.4 is 9.13 Å². The molecule has 0 aliphatic carbocycles. The van der Waals surface area contributed by atoms with Gasteiger partial charge < -0.3 is 9.13 Å². The van der Waals surface area contributed by atoms with Crippen LogP contribution >= 0.6 is 44.3 Å². The lowest BCUT2D eigenvalue weighted by Gasteiger charge is -2.45. The molecule has 0 radical (unpaired) electrons. The molecular weight excluding hydrogens is 418 g/mol. The highest BCUT2D eigenvalue weighted by Crippen LogP contribution is 2.52. The second-order valence-electron chi connectivity index (χ2n) is 8.87. The minimum absolute atomic E-state index is 0.0440. The van der Waals surface area contributed by atoms with Crippen molar-refractivity contribution in [2.45, 2.75) is 41.5 Å². The van der Waals surface area contributed by atoms with E-state index in [9.17, 15) is 0 Å². The molecule has 0 amide bonds. The van der Waals surface area contributed by atoms with E-state index in [1.165, 1.54) is 0 Å². The maximum atomic E-state index is 7.31. The highest BCUT2D eigenvalue weighted by atomic mass is 35.9. The molecule has 0 aromatic heterocycles. The average Bonchev–Trinajstić information content (AvgIpc) is 2.59. The molecule has 0 saturated heterocycles. The van der Waals surface area contributed by atoms with Crippen molar-refractivity contribution in [3.05, 3.63) is 24.3 Å². The number of benzene rings is 1. The molecule has 0 N–H and O–H groups in total. The van der Waals surface area contributed by atoms with E-state index >= 15 is 0 Å². The van der Waals surface area contributed by atoms with Crippen molar-refractivity contribution in [3.63, 3.8) is 0 Å². The van der Waals surface area contributed by atoms with E-state index in [4.69, 9.17) is 44.3 Å². The standard InChI is InChI=1S/C16H26Cl4N2Si2/c1-15(2,3)11-21-13-9-7-8-10-14(13)22(12-16(4,5)6)24(21,20)23(17,18)19/h7-10H,11-12H2,1-6H3. The van der Waals surface area contributed by atoms with Crippen LogP contribution in [0.1, 0.15) is 41.5 Å². The van der Waals surface area contributed by atoms with Crippen LogP contribution in [0, 0.1) is 10.8 Å². The van der Waals surface area contributed by atoms with Crippen LogP contribution in [0.3, 0.4) is 0 Å². The zero-order chi connectivity index (χ0) is 18.6. The van der Waals surface area contributed by atoms with Crippen molar-refractivity contribution < 1.29 is 0 Å². The van der Waals surface area contributed by atoms with E-state index in [-0.39, 0.29) is 10.8 Å². The van der Waals surface area contributed by atoms with Crippen LogP contribution in [0.2, 0.25) is 0 Å². The fourth-order valence-electron chi connectivity index (χ4n) is 3.02. The van der Waals surface area contributed by atoms with Crippen LogP contribution in [-0.2, 0) is 0 Å². The van der Waals surface area contributed by atoms with Gasteiger partial charge in [0.2, 0.25) is 0 Å². The average molecular weight is 444 g/mol. The van der Waals surface area contributed by atoms with E-state index < -0.39 is 12.7 Å². The van der Waals surface area contributed by atoms with Crippen LogP contribution in [0.15, 0.2) is 24.3 Å². The molecule has 0 saturated carbocycles. The van der Waals surface area contributed by atoms with Crippen LogP contribution in [0.25, 0.3) is 0 Å². The molecule has 0 unspecified atom stereocenters. The Labute approximate surface area is 166 Å². The Morgan fingerprint density at radius 1 is 0.833 bits per heavy atom. The molecule has 2 rings (SSSR count). The van der Waals surface area contributed by atoms with Crippen LogP contribution in [0.5, 0.6) is 0 Å². The normalized spacial score (nSPS) is 18.1. The molecule has 1 aliphatic rings. The zero-order valence-electron chi connectivity index (χ0n) is 15.1. The summed E-state index contributed by atoms with van der Waals surface area (Å²) in [4.78, 5) is 0. The van der Waals surface area contributed by atoms with Gasteiger partial charge in [0.15, 0.2) is 0 Å². The first-order valence-electron chi connectivity index (χ1n) is 8.07. The number of fused-ring (bicyclic) bond motifs is 1. The molecule has 136 valence electrons. The predicted molar refractivity (Wildman–Crippen MR) is 115 cm³/mol. The Morgan fingerprint density at radius 3 is 1.42 bits per heavy atom. The first-order chi connectivity index (χ1) is 10.7. The fraction of sp³-hybridized carbons (Fsp3) is 0.625. The molecule has 1 heterocycles. The van der Waals surface area contributed by atoms with Crippen molar-refractivity contribution in [2.75, 3.05) is 22.2 Å². The Balaban J connectivity index is 2.65. The van der Waals surface area contributed by atoms with Gasteiger partial charge in [0.1, 0.15) is 0 Å². The monoisotopic (exact) mass is 442 g/mol. The Hall–Kier alpha value is 0.414. The number of rotatable bonds is 3. The maximum absolute atomic E-state index is 7.31. The summed E-state index contributed by atoms with van der Waals surface area (Å²) in [6.45, 7) is 14.7. The SMILES string of the molecule is CC(C)(C)CN1c2ccccc2N(CC(C)(C)C)[Si]1(Cl)[Si](Cl)(Cl)Cl. The highest BCUT2D eigenvalue weighted by molar-refractivity contribution is 7.96. The number of hydrogen-bond acceptors (Lipinski definition) is 2. The number of halogens is 4. The Bertz CT molecular complexity index is 562. The molecule has 0 spiro atoms. The number of para-hydroxylation sites is 2. The first-order valence-corrected chi connectivity index (χ1v) is 17.0. The molecular formula is C16H26Cl4N2Si2. The van der Waals surface area contributed by atoms with Gasteiger partial charge in [-0.3, -0.25) is 0 Å². The van der Waals surface area contributed by atoms with Crippen molar-refractivity contribution in [1.29, 1.82) is 0 Å². The van der Waals surface area contributed by atoms with Crippen molar-refractivity contribution in [2.24, 2.45) is 10.8 Å². The largest absolute Gasteiger partial charge is 0.399 e. The summed E-state index contributed by atoms with van der Waals surface area (Å²) in [5.41, 5.74) is -0.922. The lowest BCUT2D eigenvalue weighted by atomic mass is 9.96. The predicted octanol–water partition coefficient (Wildman–Crippen LogP) is 6.32. The van der Waals surface area contributed by atoms with Gasteiger partial charge in [-0.2, -0.15) is 0 Å². The minimum Gasteiger partial charge on any atom is -0.367 e. The number of hydrogen-bond donors (Lipinski definition) is 0. The molecule has 1 aliphatic heterocycles. The third kappa shape index (κ3) is 4.04. The molecule has 1 aromatic rings. The minimum atomic E-state index is -3.20. The van der Waals surface area contributed by atoms with Crippen LogP contribution in [0.4, 0.5) is 11.4 Å². The second-order valence-corrected chi connectivity index (χ2v) is 28.7. The van der Waals surface area contributed by atoms with Crippen molar-refractivity contribution in [3.8, 4) is 0 Å². The molecule has 24 heavy (non-hydrogen) atoms. The summed E-state index contributed by atoms with van der Waals surface area (Å²) in [5.74, 6) is 0. The maximum Gasteiger partial charge on any atom is 0.399 e. The summed E-state index contributed by atoms with van der Waals surface area (Å²) in [7, 11) is -3.00. The topological polar surface area (TPSA) is 6.48 Å². The Kier molecular flexibility index (Phi) is 5.65. The number of nitrogens with zero attached hydrogens (tertiary/aromatic N) is 2. The van der Waals surface area contributed by atoms with Gasteiger partial charge in [-0.05, 0) is 23.0 Å². The molecule has 8 heteroatoms. The van der Waals surface area contributed by atoms with Crippen LogP contribution in [-0.4, -0.2) is 25.8 Å². The van der Waals surface area contributed by atoms with Gasteiger partial charge in [-0.25, -0.2) is 0 Å². The smallest absolute Gasteiger partial charge is 0.367 e. The molecule has 0 bridgehead atoms. The highest BCUT2D eigenvalue weighted by Gasteiger charge is 2.67. The molecule has 0 atom stereocenters. The zero-order valence-corrected chi connectivity index (χ0v) is 20.2. The van der Waals surface area contributed by atoms with Gasteiger partial charge in [0.05, 0.1) is 11.4 Å². The van der Waals surface area contributed by atoms with E-state index in [1.54, 1.807) is 0 Å². The lowest BCUT2D eigenvalue weighted by Crippen LogP contribution is -2.71. The second kappa shape index (κ2) is 6.54. The molecule has 0 fully saturated rings. The van der Waals surface area contributed by atoms with E-state index in [0.29, 0.717) is 0 Å². The van der Waals surface area contributed by atoms with Gasteiger partial charge in [-0.15, -0.1) is 44.3 Å². The van der Waals surface area contributed by atoms with Gasteiger partial charge in [0, 0.05) is 13.1 Å². The number of anilines is 2. The quantitative estimate of drug-likeness (QED) is 0.398. The summed E-state index contributed by atoms with van der Waals surface area (Å²) in [6.07, 6.45) is 0. The fourth-order valence-corrected chi connectivity index (χ4v) is 15.8. The van der Waals surface area contributed by atoms with Crippen molar-refractivity contribution in [1.82, 2.24) is 0 Å². The lowest BCUT2D eigenvalue weighted by molar-refractivity contribution is 0.424. The Morgan fingerprint density at radius 2 is 1.17 bits per heavy atom. The first kappa shape index (κ1) is 20.7. The van der Waals surface area contributed by atoms with E-state index in [0.717, 1.165) is 24.5 Å². The summed E-state index contributed by atoms with van der Waals surface area (Å²) in [6, 6.07) is 8.25. The summed E-state index contributed by atoms with van der Waals surface area (Å²) >= 11 is 27.2. The molecule has 1 aromatic carbocycles. The molecule has 2 nitrogen and oxygen atoms in total. The van der Waals surface area contributed by atoms with Gasteiger partial charge >= 0.3 is 12.7 Å². The van der Waals surface area contributed by atoms with E-state index in [2.05, 4.69) is 62.8 Å². The van der Waals surface area contributed by atoms with Gasteiger partial charge in [0.25, 0.3) is 0 Å².